The molecule has 0 atom stereocenters. The number of aliphatic imine (C=N–C) groups is 1. The Morgan fingerprint density at radius 2 is 1.76 bits per heavy atom. The fourth-order valence-corrected chi connectivity index (χ4v) is 3.34. The highest BCUT2D eigenvalue weighted by Gasteiger charge is 2.15. The number of rotatable bonds is 6. The number of nitrogens with one attached hydrogen (secondary N) is 2. The predicted molar refractivity (Wildman–Crippen MR) is 148 cm³/mol. The van der Waals surface area contributed by atoms with Crippen molar-refractivity contribution in [2.75, 3.05) is 16.4 Å². The average molecular weight is 518 g/mol. The van der Waals surface area contributed by atoms with E-state index in [2.05, 4.69) is 38.2 Å². The minimum atomic E-state index is -0.840. The second-order valence-corrected chi connectivity index (χ2v) is 7.87. The van der Waals surface area contributed by atoms with Crippen molar-refractivity contribution >= 4 is 52.6 Å². The van der Waals surface area contributed by atoms with Gasteiger partial charge in [-0.25, -0.2) is 14.4 Å². The molecule has 0 saturated heterocycles. The number of thiol groups is 1. The standard InChI is InChI=1S/C25H20FN7O2S.CH4/c26-18-12-15(22(28)33-25(35)36)6-8-17(18)24(34)32-21-11-7-16(13-29-21)30-23-19(27)9-10-20(31-23)14-4-2-1-3-5-14;/h1-13H,27H2,(H,30,31)(H,29,32,34)(H3,28,33,35,36);1H4. The number of anilines is 4. The number of amidine groups is 1. The van der Waals surface area contributed by atoms with Crippen LogP contribution in [0.4, 0.5) is 32.2 Å². The quantitative estimate of drug-likeness (QED) is 0.133. The summed E-state index contributed by atoms with van der Waals surface area (Å²) in [7, 11) is 0. The molecule has 0 radical (unpaired) electrons. The molecule has 0 spiro atoms. The Bertz CT molecular complexity index is 1460. The zero-order valence-electron chi connectivity index (χ0n) is 18.6. The zero-order chi connectivity index (χ0) is 25.7. The summed E-state index contributed by atoms with van der Waals surface area (Å²) < 4.78 is 14.5. The van der Waals surface area contributed by atoms with E-state index in [-0.39, 0.29) is 30.2 Å². The van der Waals surface area contributed by atoms with E-state index in [1.165, 1.54) is 18.3 Å². The number of halogens is 1. The topological polar surface area (TPSA) is 148 Å². The first-order chi connectivity index (χ1) is 17.3. The Labute approximate surface area is 218 Å². The second-order valence-electron chi connectivity index (χ2n) is 7.49. The monoisotopic (exact) mass is 517 g/mol. The van der Waals surface area contributed by atoms with Crippen LogP contribution in [0.5, 0.6) is 0 Å². The van der Waals surface area contributed by atoms with Crippen LogP contribution in [0.1, 0.15) is 23.3 Å². The number of nitrogens with zero attached hydrogens (tertiary/aromatic N) is 3. The van der Waals surface area contributed by atoms with E-state index >= 15 is 0 Å². The van der Waals surface area contributed by atoms with Crippen molar-refractivity contribution in [3.63, 3.8) is 0 Å². The van der Waals surface area contributed by atoms with Crippen LogP contribution in [-0.2, 0) is 0 Å². The lowest BCUT2D eigenvalue weighted by Crippen LogP contribution is -2.18. The van der Waals surface area contributed by atoms with Crippen molar-refractivity contribution in [2.24, 2.45) is 10.7 Å². The molecule has 4 aromatic rings. The molecule has 2 heterocycles. The molecule has 0 saturated carbocycles. The maximum absolute atomic E-state index is 14.5. The highest BCUT2D eigenvalue weighted by atomic mass is 32.1. The van der Waals surface area contributed by atoms with E-state index in [1.807, 2.05) is 36.4 Å². The molecule has 188 valence electrons. The maximum Gasteiger partial charge on any atom is 0.303 e. The highest BCUT2D eigenvalue weighted by Crippen LogP contribution is 2.26. The van der Waals surface area contributed by atoms with Crippen molar-refractivity contribution in [2.45, 2.75) is 7.43 Å². The highest BCUT2D eigenvalue weighted by molar-refractivity contribution is 7.96. The van der Waals surface area contributed by atoms with Crippen molar-refractivity contribution in [1.82, 2.24) is 9.97 Å². The van der Waals surface area contributed by atoms with Gasteiger partial charge in [0.05, 0.1) is 28.8 Å². The number of benzene rings is 2. The molecule has 0 unspecified atom stereocenters. The molecule has 0 aliphatic rings. The molecule has 2 amide bonds. The minimum absolute atomic E-state index is 0. The van der Waals surface area contributed by atoms with Crippen LogP contribution in [0.15, 0.2) is 84.0 Å². The minimum Gasteiger partial charge on any atom is -0.396 e. The molecule has 2 aromatic heterocycles. The van der Waals surface area contributed by atoms with Crippen LogP contribution in [-0.4, -0.2) is 26.9 Å². The van der Waals surface area contributed by atoms with Crippen LogP contribution in [0.25, 0.3) is 11.3 Å². The first-order valence-electron chi connectivity index (χ1n) is 10.5. The number of aromatic nitrogens is 2. The Balaban J connectivity index is 0.00000380. The summed E-state index contributed by atoms with van der Waals surface area (Å²) in [5.41, 5.74) is 14.3. The second kappa shape index (κ2) is 11.8. The predicted octanol–water partition coefficient (Wildman–Crippen LogP) is 5.25. The Kier molecular flexibility index (Phi) is 8.54. The third-order valence-corrected chi connectivity index (χ3v) is 5.09. The van der Waals surface area contributed by atoms with Gasteiger partial charge in [-0.3, -0.25) is 9.59 Å². The summed E-state index contributed by atoms with van der Waals surface area (Å²) >= 11 is 3.50. The van der Waals surface area contributed by atoms with Gasteiger partial charge < -0.3 is 22.1 Å². The number of hydrogen-bond acceptors (Lipinski definition) is 6. The van der Waals surface area contributed by atoms with Gasteiger partial charge in [0, 0.05) is 11.1 Å². The van der Waals surface area contributed by atoms with Gasteiger partial charge >= 0.3 is 5.24 Å². The molecule has 9 nitrogen and oxygen atoms in total. The van der Waals surface area contributed by atoms with Gasteiger partial charge in [-0.1, -0.05) is 56.5 Å². The largest absolute Gasteiger partial charge is 0.396 e. The molecule has 6 N–H and O–H groups in total. The summed E-state index contributed by atoms with van der Waals surface area (Å²) in [6.45, 7) is 0. The van der Waals surface area contributed by atoms with E-state index in [0.29, 0.717) is 17.2 Å². The van der Waals surface area contributed by atoms with Crippen molar-refractivity contribution in [3.05, 3.63) is 95.9 Å². The van der Waals surface area contributed by atoms with E-state index in [4.69, 9.17) is 11.5 Å². The Morgan fingerprint density at radius 3 is 2.41 bits per heavy atom. The SMILES string of the molecule is C.N/C(=N\C(=O)S)c1ccc(C(=O)Nc2ccc(Nc3nc(-c4ccccc4)ccc3N)cn2)c(F)c1. The molecule has 37 heavy (non-hydrogen) atoms. The summed E-state index contributed by atoms with van der Waals surface area (Å²) in [5, 5.41) is 4.82. The zero-order valence-corrected chi connectivity index (χ0v) is 19.5. The van der Waals surface area contributed by atoms with Crippen LogP contribution in [0.2, 0.25) is 0 Å². The van der Waals surface area contributed by atoms with Crippen LogP contribution in [0.3, 0.4) is 0 Å². The van der Waals surface area contributed by atoms with Gasteiger partial charge in [0.2, 0.25) is 0 Å². The van der Waals surface area contributed by atoms with E-state index in [1.54, 1.807) is 18.2 Å². The number of carbonyl (C=O) groups excluding carboxylic acids is 2. The van der Waals surface area contributed by atoms with Gasteiger partial charge in [-0.2, -0.15) is 4.99 Å². The van der Waals surface area contributed by atoms with Gasteiger partial charge in [0.1, 0.15) is 17.5 Å². The van der Waals surface area contributed by atoms with Gasteiger partial charge in [0.25, 0.3) is 5.91 Å². The summed E-state index contributed by atoms with van der Waals surface area (Å²) in [6, 6.07) is 20.1. The van der Waals surface area contributed by atoms with Gasteiger partial charge in [0.15, 0.2) is 5.82 Å². The maximum atomic E-state index is 14.5. The fraction of sp³-hybridized carbons (Fsp3) is 0.0385. The number of hydrogen-bond donors (Lipinski definition) is 5. The first kappa shape index (κ1) is 26.8. The summed E-state index contributed by atoms with van der Waals surface area (Å²) in [6.07, 6.45) is 1.48. The molecule has 4 rings (SSSR count). The van der Waals surface area contributed by atoms with Gasteiger partial charge in [-0.05, 0) is 36.4 Å². The summed E-state index contributed by atoms with van der Waals surface area (Å²) in [4.78, 5) is 35.6. The summed E-state index contributed by atoms with van der Waals surface area (Å²) in [5.74, 6) is -1.10. The lowest BCUT2D eigenvalue weighted by atomic mass is 10.1. The molecule has 2 aromatic carbocycles. The van der Waals surface area contributed by atoms with Crippen molar-refractivity contribution in [3.8, 4) is 11.3 Å². The van der Waals surface area contributed by atoms with E-state index in [0.717, 1.165) is 17.3 Å². The van der Waals surface area contributed by atoms with E-state index < -0.39 is 17.0 Å². The van der Waals surface area contributed by atoms with Crippen LogP contribution < -0.4 is 22.1 Å². The van der Waals surface area contributed by atoms with E-state index in [9.17, 15) is 14.0 Å². The smallest absolute Gasteiger partial charge is 0.303 e. The number of nitrogen functional groups attached to an aromatic ring is 1. The molecule has 0 aliphatic heterocycles. The third-order valence-electron chi connectivity index (χ3n) is 4.99. The number of pyridine rings is 2. The molecular formula is C26H24FN7O2S. The van der Waals surface area contributed by atoms with Gasteiger partial charge in [-0.15, -0.1) is 0 Å². The average Bonchev–Trinajstić information content (AvgIpc) is 2.86. The lowest BCUT2D eigenvalue weighted by molar-refractivity contribution is 0.102. The molecule has 11 heteroatoms. The number of amides is 2. The van der Waals surface area contributed by atoms with Crippen molar-refractivity contribution < 1.29 is 14.0 Å². The fourth-order valence-electron chi connectivity index (χ4n) is 3.23. The Hall–Kier alpha value is -4.77. The van der Waals surface area contributed by atoms with Crippen molar-refractivity contribution in [1.29, 1.82) is 0 Å². The first-order valence-corrected chi connectivity index (χ1v) is 11.0. The lowest BCUT2D eigenvalue weighted by Gasteiger charge is -2.11. The Morgan fingerprint density at radius 1 is 1.00 bits per heavy atom. The molecule has 0 bridgehead atoms. The molecular weight excluding hydrogens is 493 g/mol. The normalized spacial score (nSPS) is 10.8. The molecule has 0 aliphatic carbocycles. The third kappa shape index (κ3) is 6.67. The number of carbonyl (C=O) groups is 2. The molecule has 0 fully saturated rings. The van der Waals surface area contributed by atoms with Crippen LogP contribution >= 0.6 is 12.6 Å². The van der Waals surface area contributed by atoms with Crippen LogP contribution in [0, 0.1) is 5.82 Å². The number of nitrogens with two attached hydrogens (primary N) is 2.